The Bertz CT molecular complexity index is 358. The van der Waals surface area contributed by atoms with E-state index in [9.17, 15) is 0 Å². The maximum Gasteiger partial charge on any atom is 0.159 e. The Balaban J connectivity index is 2.99. The van der Waals surface area contributed by atoms with Crippen LogP contribution in [0.1, 0.15) is 39.6 Å². The number of nitrogens with one attached hydrogen (secondary N) is 1. The van der Waals surface area contributed by atoms with Gasteiger partial charge in [-0.05, 0) is 42.4 Å². The number of halogens is 1. The highest BCUT2D eigenvalue weighted by atomic mass is 127. The van der Waals surface area contributed by atoms with Gasteiger partial charge in [0.25, 0.3) is 0 Å². The van der Waals surface area contributed by atoms with Crippen molar-refractivity contribution in [3.63, 3.8) is 0 Å². The number of ether oxygens (including phenoxy) is 1. The maximum atomic E-state index is 5.71. The minimum absolute atomic E-state index is 0.0330. The Hall–Kier alpha value is -0.430. The quantitative estimate of drug-likeness (QED) is 0.801. The molecule has 0 bridgehead atoms. The van der Waals surface area contributed by atoms with Crippen molar-refractivity contribution >= 4 is 28.4 Å². The van der Waals surface area contributed by atoms with Crippen molar-refractivity contribution in [3.05, 3.63) is 15.6 Å². The van der Waals surface area contributed by atoms with Crippen LogP contribution in [0, 0.1) is 9.49 Å². The predicted octanol–water partition coefficient (Wildman–Crippen LogP) is 3.25. The third-order valence-corrected chi connectivity index (χ3v) is 3.10. The van der Waals surface area contributed by atoms with Crippen LogP contribution in [0.5, 0.6) is 0 Å². The lowest BCUT2D eigenvalue weighted by molar-refractivity contribution is 0.0232. The standard InChI is InChI=1S/C12H20IN3O/c1-5-14-11-9(13)7-15-12(16-11)10(8(3)4)17-6-2/h7-8,10H,5-6H2,1-4H3,(H,14,15,16). The van der Waals surface area contributed by atoms with E-state index in [0.29, 0.717) is 12.5 Å². The molecule has 0 aliphatic rings. The topological polar surface area (TPSA) is 47.0 Å². The molecule has 0 spiro atoms. The van der Waals surface area contributed by atoms with Crippen LogP contribution >= 0.6 is 22.6 Å². The first-order chi connectivity index (χ1) is 8.10. The molecular weight excluding hydrogens is 329 g/mol. The minimum atomic E-state index is -0.0330. The van der Waals surface area contributed by atoms with Gasteiger partial charge in [-0.15, -0.1) is 0 Å². The predicted molar refractivity (Wildman–Crippen MR) is 78.1 cm³/mol. The molecule has 0 saturated heterocycles. The molecule has 0 aliphatic heterocycles. The van der Waals surface area contributed by atoms with Crippen LogP contribution in [0.25, 0.3) is 0 Å². The molecule has 1 unspecified atom stereocenters. The monoisotopic (exact) mass is 349 g/mol. The Morgan fingerprint density at radius 3 is 2.65 bits per heavy atom. The van der Waals surface area contributed by atoms with E-state index in [2.05, 4.69) is 58.6 Å². The summed E-state index contributed by atoms with van der Waals surface area (Å²) in [6.07, 6.45) is 1.81. The zero-order valence-corrected chi connectivity index (χ0v) is 13.0. The maximum absolute atomic E-state index is 5.71. The molecule has 96 valence electrons. The fourth-order valence-corrected chi connectivity index (χ4v) is 2.00. The summed E-state index contributed by atoms with van der Waals surface area (Å²) >= 11 is 2.23. The Morgan fingerprint density at radius 2 is 2.12 bits per heavy atom. The molecule has 0 radical (unpaired) electrons. The summed E-state index contributed by atoms with van der Waals surface area (Å²) in [6, 6.07) is 0. The molecule has 0 aromatic carbocycles. The average Bonchev–Trinajstić information content (AvgIpc) is 2.29. The van der Waals surface area contributed by atoms with Gasteiger partial charge < -0.3 is 10.1 Å². The molecule has 0 amide bonds. The van der Waals surface area contributed by atoms with Gasteiger partial charge in [-0.3, -0.25) is 0 Å². The van der Waals surface area contributed by atoms with E-state index in [1.807, 2.05) is 13.1 Å². The van der Waals surface area contributed by atoms with Crippen LogP contribution in [0.2, 0.25) is 0 Å². The summed E-state index contributed by atoms with van der Waals surface area (Å²) in [5, 5.41) is 3.24. The Morgan fingerprint density at radius 1 is 1.41 bits per heavy atom. The molecule has 5 heteroatoms. The lowest BCUT2D eigenvalue weighted by atomic mass is 10.1. The third-order valence-electron chi connectivity index (χ3n) is 2.31. The van der Waals surface area contributed by atoms with Crippen molar-refractivity contribution in [2.75, 3.05) is 18.5 Å². The van der Waals surface area contributed by atoms with Crippen LogP contribution in [-0.2, 0) is 4.74 Å². The van der Waals surface area contributed by atoms with E-state index >= 15 is 0 Å². The molecule has 0 aliphatic carbocycles. The van der Waals surface area contributed by atoms with Gasteiger partial charge in [-0.2, -0.15) is 0 Å². The first kappa shape index (κ1) is 14.6. The molecule has 1 rings (SSSR count). The lowest BCUT2D eigenvalue weighted by Crippen LogP contribution is -2.16. The molecule has 1 aromatic heterocycles. The SMILES string of the molecule is CCNc1nc(C(OCC)C(C)C)ncc1I. The molecule has 1 atom stereocenters. The molecule has 0 fully saturated rings. The second-order valence-electron chi connectivity index (χ2n) is 4.08. The fourth-order valence-electron chi connectivity index (χ4n) is 1.55. The molecule has 1 N–H and O–H groups in total. The minimum Gasteiger partial charge on any atom is -0.370 e. The highest BCUT2D eigenvalue weighted by Gasteiger charge is 2.20. The van der Waals surface area contributed by atoms with Crippen LogP contribution in [0.4, 0.5) is 5.82 Å². The van der Waals surface area contributed by atoms with Crippen molar-refractivity contribution in [1.82, 2.24) is 9.97 Å². The summed E-state index contributed by atoms with van der Waals surface area (Å²) in [5.41, 5.74) is 0. The van der Waals surface area contributed by atoms with Gasteiger partial charge in [0, 0.05) is 19.3 Å². The normalized spacial score (nSPS) is 12.8. The van der Waals surface area contributed by atoms with Gasteiger partial charge in [0.15, 0.2) is 5.82 Å². The van der Waals surface area contributed by atoms with E-state index in [1.165, 1.54) is 0 Å². The average molecular weight is 349 g/mol. The largest absolute Gasteiger partial charge is 0.370 e. The van der Waals surface area contributed by atoms with E-state index in [-0.39, 0.29) is 6.10 Å². The van der Waals surface area contributed by atoms with Crippen molar-refractivity contribution in [2.24, 2.45) is 5.92 Å². The number of nitrogens with zero attached hydrogens (tertiary/aromatic N) is 2. The molecule has 0 saturated carbocycles. The molecule has 1 aromatic rings. The molecular formula is C12H20IN3O. The Kier molecular flexibility index (Phi) is 6.11. The summed E-state index contributed by atoms with van der Waals surface area (Å²) in [6.45, 7) is 9.82. The van der Waals surface area contributed by atoms with Crippen molar-refractivity contribution in [2.45, 2.75) is 33.8 Å². The molecule has 1 heterocycles. The lowest BCUT2D eigenvalue weighted by Gasteiger charge is -2.20. The second-order valence-corrected chi connectivity index (χ2v) is 5.24. The molecule has 17 heavy (non-hydrogen) atoms. The summed E-state index contributed by atoms with van der Waals surface area (Å²) in [7, 11) is 0. The van der Waals surface area contributed by atoms with Gasteiger partial charge in [-0.25, -0.2) is 9.97 Å². The number of hydrogen-bond donors (Lipinski definition) is 1. The number of aromatic nitrogens is 2. The van der Waals surface area contributed by atoms with Gasteiger partial charge in [0.2, 0.25) is 0 Å². The van der Waals surface area contributed by atoms with E-state index in [1.54, 1.807) is 0 Å². The van der Waals surface area contributed by atoms with Gasteiger partial charge in [0.1, 0.15) is 11.9 Å². The second kappa shape index (κ2) is 7.10. The van der Waals surface area contributed by atoms with Crippen LogP contribution in [0.15, 0.2) is 6.20 Å². The first-order valence-corrected chi connectivity index (χ1v) is 7.05. The molecule has 4 nitrogen and oxygen atoms in total. The zero-order valence-electron chi connectivity index (χ0n) is 10.8. The third kappa shape index (κ3) is 4.06. The number of hydrogen-bond acceptors (Lipinski definition) is 4. The number of anilines is 1. The van der Waals surface area contributed by atoms with Gasteiger partial charge in [-0.1, -0.05) is 13.8 Å². The summed E-state index contributed by atoms with van der Waals surface area (Å²) in [4.78, 5) is 8.93. The van der Waals surface area contributed by atoms with Crippen LogP contribution < -0.4 is 5.32 Å². The van der Waals surface area contributed by atoms with E-state index < -0.39 is 0 Å². The number of rotatable bonds is 6. The van der Waals surface area contributed by atoms with Gasteiger partial charge >= 0.3 is 0 Å². The first-order valence-electron chi connectivity index (χ1n) is 5.98. The highest BCUT2D eigenvalue weighted by Crippen LogP contribution is 2.25. The van der Waals surface area contributed by atoms with Crippen molar-refractivity contribution in [1.29, 1.82) is 0 Å². The van der Waals surface area contributed by atoms with Crippen molar-refractivity contribution in [3.8, 4) is 0 Å². The summed E-state index contributed by atoms with van der Waals surface area (Å²) in [5.74, 6) is 2.02. The smallest absolute Gasteiger partial charge is 0.159 e. The highest BCUT2D eigenvalue weighted by molar-refractivity contribution is 14.1. The summed E-state index contributed by atoms with van der Waals surface area (Å²) < 4.78 is 6.74. The Labute approximate surface area is 117 Å². The fraction of sp³-hybridized carbons (Fsp3) is 0.667. The van der Waals surface area contributed by atoms with Crippen LogP contribution in [0.3, 0.4) is 0 Å². The van der Waals surface area contributed by atoms with Crippen LogP contribution in [-0.4, -0.2) is 23.1 Å². The van der Waals surface area contributed by atoms with E-state index in [0.717, 1.165) is 21.8 Å². The van der Waals surface area contributed by atoms with Gasteiger partial charge in [0.05, 0.1) is 3.57 Å². The zero-order chi connectivity index (χ0) is 12.8. The van der Waals surface area contributed by atoms with Crippen molar-refractivity contribution < 1.29 is 4.74 Å². The van der Waals surface area contributed by atoms with E-state index in [4.69, 9.17) is 4.74 Å².